The standard InChI is InChI=1S/C25H23N3O2S/c1-15(24(29)30-2)31-25-27-21-10-6-5-9-20(21)23(28-25)26-22-14-13-17(16-11-12-16)18-7-3-4-8-19(18)22/h3-10,13-16H,11-12H2,1-2H3,(H,26,27,28). The van der Waals surface area contributed by atoms with E-state index in [1.54, 1.807) is 6.92 Å². The second-order valence-corrected chi connectivity index (χ2v) is 9.11. The van der Waals surface area contributed by atoms with E-state index < -0.39 is 5.25 Å². The zero-order chi connectivity index (χ0) is 21.4. The Labute approximate surface area is 185 Å². The smallest absolute Gasteiger partial charge is 0.318 e. The summed E-state index contributed by atoms with van der Waals surface area (Å²) in [7, 11) is 1.39. The normalized spacial score (nSPS) is 14.5. The predicted octanol–water partition coefficient (Wildman–Crippen LogP) is 6.06. The third-order valence-electron chi connectivity index (χ3n) is 5.63. The Bertz CT molecular complexity index is 1290. The number of nitrogens with zero attached hydrogens (tertiary/aromatic N) is 2. The Kier molecular flexibility index (Phi) is 5.24. The molecule has 3 aromatic carbocycles. The molecule has 0 saturated heterocycles. The number of carbonyl (C=O) groups excluding carboxylic acids is 1. The molecular weight excluding hydrogens is 406 g/mol. The summed E-state index contributed by atoms with van der Waals surface area (Å²) in [6, 6.07) is 20.8. The van der Waals surface area contributed by atoms with Gasteiger partial charge in [0.2, 0.25) is 0 Å². The minimum Gasteiger partial charge on any atom is -0.468 e. The second kappa shape index (κ2) is 8.19. The number of hydrogen-bond donors (Lipinski definition) is 1. The second-order valence-electron chi connectivity index (χ2n) is 7.80. The third kappa shape index (κ3) is 3.95. The fraction of sp³-hybridized carbons (Fsp3) is 0.240. The molecule has 156 valence electrons. The number of anilines is 2. The lowest BCUT2D eigenvalue weighted by Gasteiger charge is -2.15. The van der Waals surface area contributed by atoms with E-state index in [1.165, 1.54) is 48.0 Å². The summed E-state index contributed by atoms with van der Waals surface area (Å²) < 4.78 is 4.85. The number of carbonyl (C=O) groups is 1. The van der Waals surface area contributed by atoms with Gasteiger partial charge in [-0.2, -0.15) is 0 Å². The number of esters is 1. The summed E-state index contributed by atoms with van der Waals surface area (Å²) in [5.41, 5.74) is 3.27. The van der Waals surface area contributed by atoms with Gasteiger partial charge >= 0.3 is 5.97 Å². The lowest BCUT2D eigenvalue weighted by atomic mass is 9.99. The lowest BCUT2D eigenvalue weighted by Crippen LogP contribution is -2.15. The number of aromatic nitrogens is 2. The molecular formula is C25H23N3O2S. The molecule has 1 N–H and O–H groups in total. The Morgan fingerprint density at radius 3 is 2.45 bits per heavy atom. The lowest BCUT2D eigenvalue weighted by molar-refractivity contribution is -0.139. The van der Waals surface area contributed by atoms with Crippen molar-refractivity contribution in [3.05, 3.63) is 66.2 Å². The van der Waals surface area contributed by atoms with E-state index in [9.17, 15) is 4.79 Å². The summed E-state index contributed by atoms with van der Waals surface area (Å²) in [5, 5.41) is 7.12. The van der Waals surface area contributed by atoms with Gasteiger partial charge < -0.3 is 10.1 Å². The Hall–Kier alpha value is -3.12. The number of hydrogen-bond acceptors (Lipinski definition) is 6. The Balaban J connectivity index is 1.57. The highest BCUT2D eigenvalue weighted by atomic mass is 32.2. The number of para-hydroxylation sites is 1. The van der Waals surface area contributed by atoms with Crippen molar-refractivity contribution in [3.63, 3.8) is 0 Å². The Morgan fingerprint density at radius 2 is 1.71 bits per heavy atom. The van der Waals surface area contributed by atoms with Crippen molar-refractivity contribution in [1.29, 1.82) is 0 Å². The highest BCUT2D eigenvalue weighted by Crippen LogP contribution is 2.44. The van der Waals surface area contributed by atoms with E-state index in [-0.39, 0.29) is 5.97 Å². The van der Waals surface area contributed by atoms with E-state index >= 15 is 0 Å². The molecule has 1 saturated carbocycles. The van der Waals surface area contributed by atoms with E-state index in [1.807, 2.05) is 24.3 Å². The molecule has 1 heterocycles. The first kappa shape index (κ1) is 19.8. The zero-order valence-corrected chi connectivity index (χ0v) is 18.3. The summed E-state index contributed by atoms with van der Waals surface area (Å²) in [5.74, 6) is 1.12. The van der Waals surface area contributed by atoms with Gasteiger partial charge in [0.1, 0.15) is 11.1 Å². The van der Waals surface area contributed by atoms with Crippen LogP contribution < -0.4 is 5.32 Å². The molecule has 0 bridgehead atoms. The maximum Gasteiger partial charge on any atom is 0.318 e. The summed E-state index contributed by atoms with van der Waals surface area (Å²) >= 11 is 1.30. The van der Waals surface area contributed by atoms with Crippen LogP contribution in [0.15, 0.2) is 65.8 Å². The maximum absolute atomic E-state index is 11.9. The van der Waals surface area contributed by atoms with Crippen molar-refractivity contribution in [2.45, 2.75) is 36.1 Å². The molecule has 1 fully saturated rings. The van der Waals surface area contributed by atoms with Crippen LogP contribution in [0.5, 0.6) is 0 Å². The minimum absolute atomic E-state index is 0.294. The van der Waals surface area contributed by atoms with Crippen LogP contribution in [0.4, 0.5) is 11.5 Å². The van der Waals surface area contributed by atoms with Crippen molar-refractivity contribution in [2.75, 3.05) is 12.4 Å². The average Bonchev–Trinajstić information content (AvgIpc) is 3.64. The van der Waals surface area contributed by atoms with Gasteiger partial charge in [-0.15, -0.1) is 0 Å². The van der Waals surface area contributed by atoms with Crippen molar-refractivity contribution in [1.82, 2.24) is 9.97 Å². The maximum atomic E-state index is 11.9. The highest BCUT2D eigenvalue weighted by Gasteiger charge is 2.25. The molecule has 5 nitrogen and oxygen atoms in total. The first-order valence-electron chi connectivity index (χ1n) is 10.4. The van der Waals surface area contributed by atoms with Crippen LogP contribution >= 0.6 is 11.8 Å². The van der Waals surface area contributed by atoms with Gasteiger partial charge in [-0.05, 0) is 54.8 Å². The highest BCUT2D eigenvalue weighted by molar-refractivity contribution is 8.00. The van der Waals surface area contributed by atoms with Crippen LogP contribution in [0, 0.1) is 0 Å². The summed E-state index contributed by atoms with van der Waals surface area (Å²) in [4.78, 5) is 21.3. The molecule has 1 aliphatic carbocycles. The van der Waals surface area contributed by atoms with Crippen molar-refractivity contribution < 1.29 is 9.53 Å². The van der Waals surface area contributed by atoms with Crippen LogP contribution in [0.3, 0.4) is 0 Å². The molecule has 6 heteroatoms. The van der Waals surface area contributed by atoms with Crippen LogP contribution in [-0.4, -0.2) is 28.3 Å². The monoisotopic (exact) mass is 429 g/mol. The van der Waals surface area contributed by atoms with Gasteiger partial charge in [0.25, 0.3) is 0 Å². The number of fused-ring (bicyclic) bond motifs is 2. The summed E-state index contributed by atoms with van der Waals surface area (Å²) in [6.45, 7) is 1.80. The number of rotatable bonds is 6. The molecule has 0 radical (unpaired) electrons. The summed E-state index contributed by atoms with van der Waals surface area (Å²) in [6.07, 6.45) is 2.54. The van der Waals surface area contributed by atoms with Crippen molar-refractivity contribution in [3.8, 4) is 0 Å². The molecule has 0 spiro atoms. The Morgan fingerprint density at radius 1 is 1.00 bits per heavy atom. The molecule has 1 aromatic heterocycles. The van der Waals surface area contributed by atoms with Gasteiger partial charge in [0.05, 0.1) is 12.6 Å². The van der Waals surface area contributed by atoms with Gasteiger partial charge in [-0.3, -0.25) is 4.79 Å². The number of nitrogens with one attached hydrogen (secondary N) is 1. The van der Waals surface area contributed by atoms with Gasteiger partial charge in [-0.25, -0.2) is 9.97 Å². The molecule has 1 aliphatic rings. The first-order chi connectivity index (χ1) is 15.1. The van der Waals surface area contributed by atoms with Gasteiger partial charge in [-0.1, -0.05) is 54.2 Å². The molecule has 5 rings (SSSR count). The van der Waals surface area contributed by atoms with E-state index in [4.69, 9.17) is 9.72 Å². The van der Waals surface area contributed by atoms with Crippen molar-refractivity contribution >= 4 is 50.9 Å². The first-order valence-corrected chi connectivity index (χ1v) is 11.3. The van der Waals surface area contributed by atoms with E-state index in [2.05, 4.69) is 46.7 Å². The van der Waals surface area contributed by atoms with Crippen LogP contribution in [0.1, 0.15) is 31.2 Å². The molecule has 0 aliphatic heterocycles. The SMILES string of the molecule is COC(=O)C(C)Sc1nc(Nc2ccc(C3CC3)c3ccccc23)c2ccccc2n1. The number of benzene rings is 3. The third-order valence-corrected chi connectivity index (χ3v) is 6.57. The largest absolute Gasteiger partial charge is 0.468 e. The van der Waals surface area contributed by atoms with Crippen LogP contribution in [-0.2, 0) is 9.53 Å². The zero-order valence-electron chi connectivity index (χ0n) is 17.5. The van der Waals surface area contributed by atoms with Gasteiger partial charge in [0, 0.05) is 16.5 Å². The molecule has 4 aromatic rings. The van der Waals surface area contributed by atoms with Crippen LogP contribution in [0.25, 0.3) is 21.7 Å². The molecule has 1 unspecified atom stereocenters. The fourth-order valence-corrected chi connectivity index (χ4v) is 4.69. The van der Waals surface area contributed by atoms with Crippen LogP contribution in [0.2, 0.25) is 0 Å². The number of methoxy groups -OCH3 is 1. The molecule has 1 atom stereocenters. The van der Waals surface area contributed by atoms with Crippen molar-refractivity contribution in [2.24, 2.45) is 0 Å². The average molecular weight is 430 g/mol. The minimum atomic E-state index is -0.391. The van der Waals surface area contributed by atoms with E-state index in [0.717, 1.165) is 22.4 Å². The quantitative estimate of drug-likeness (QED) is 0.228. The molecule has 31 heavy (non-hydrogen) atoms. The number of ether oxygens (including phenoxy) is 1. The van der Waals surface area contributed by atoms with E-state index in [0.29, 0.717) is 11.1 Å². The number of thioether (sulfide) groups is 1. The predicted molar refractivity (Wildman–Crippen MR) is 126 cm³/mol. The molecule has 0 amide bonds. The van der Waals surface area contributed by atoms with Gasteiger partial charge in [0.15, 0.2) is 5.16 Å². The fourth-order valence-electron chi connectivity index (χ4n) is 3.88. The topological polar surface area (TPSA) is 64.1 Å².